The maximum absolute atomic E-state index is 11.2. The van der Waals surface area contributed by atoms with E-state index in [0.29, 0.717) is 13.0 Å². The molecule has 0 aromatic heterocycles. The summed E-state index contributed by atoms with van der Waals surface area (Å²) in [5, 5.41) is 11.1. The Morgan fingerprint density at radius 2 is 2.23 bits per heavy atom. The van der Waals surface area contributed by atoms with Crippen LogP contribution in [0.1, 0.15) is 39.5 Å². The first-order valence-corrected chi connectivity index (χ1v) is 4.87. The van der Waals surface area contributed by atoms with Crippen LogP contribution in [0.4, 0.5) is 0 Å². The number of carbonyl (C=O) groups is 1. The minimum Gasteiger partial charge on any atom is -0.356 e. The third kappa shape index (κ3) is 6.15. The van der Waals surface area contributed by atoms with Gasteiger partial charge in [-0.3, -0.25) is 4.79 Å². The fraction of sp³-hybridized carbons (Fsp3) is 0.800. The Labute approximate surface area is 80.1 Å². The van der Waals surface area contributed by atoms with Crippen molar-refractivity contribution < 1.29 is 4.79 Å². The molecule has 0 spiro atoms. The number of carbonyl (C=O) groups excluding carboxylic acids is 1. The van der Waals surface area contributed by atoms with E-state index in [1.54, 1.807) is 0 Å². The quantitative estimate of drug-likeness (QED) is 0.637. The van der Waals surface area contributed by atoms with Crippen molar-refractivity contribution in [1.29, 1.82) is 5.26 Å². The molecule has 0 aliphatic rings. The molecule has 1 atom stereocenters. The number of nitriles is 1. The van der Waals surface area contributed by atoms with Gasteiger partial charge >= 0.3 is 0 Å². The van der Waals surface area contributed by atoms with Gasteiger partial charge in [-0.2, -0.15) is 5.26 Å². The van der Waals surface area contributed by atoms with Crippen LogP contribution in [0.3, 0.4) is 0 Å². The molecule has 3 heteroatoms. The van der Waals surface area contributed by atoms with E-state index in [0.717, 1.165) is 19.3 Å². The topological polar surface area (TPSA) is 52.9 Å². The average Bonchev–Trinajstić information content (AvgIpc) is 2.16. The van der Waals surface area contributed by atoms with Crippen molar-refractivity contribution in [2.45, 2.75) is 39.5 Å². The van der Waals surface area contributed by atoms with Gasteiger partial charge in [0, 0.05) is 18.9 Å². The van der Waals surface area contributed by atoms with E-state index in [1.165, 1.54) is 0 Å². The number of amides is 1. The molecule has 0 fully saturated rings. The summed E-state index contributed by atoms with van der Waals surface area (Å²) >= 11 is 0. The Morgan fingerprint density at radius 3 is 2.77 bits per heavy atom. The van der Waals surface area contributed by atoms with Crippen molar-refractivity contribution in [2.24, 2.45) is 5.92 Å². The van der Waals surface area contributed by atoms with Crippen molar-refractivity contribution in [3.8, 4) is 6.07 Å². The first-order chi connectivity index (χ1) is 6.22. The van der Waals surface area contributed by atoms with E-state index in [4.69, 9.17) is 5.26 Å². The van der Waals surface area contributed by atoms with Gasteiger partial charge in [0.25, 0.3) is 0 Å². The number of hydrogen-bond acceptors (Lipinski definition) is 2. The molecule has 13 heavy (non-hydrogen) atoms. The summed E-state index contributed by atoms with van der Waals surface area (Å²) in [6.45, 7) is 4.62. The highest BCUT2D eigenvalue weighted by Crippen LogP contribution is 2.00. The van der Waals surface area contributed by atoms with Crippen LogP contribution in [0, 0.1) is 17.2 Å². The van der Waals surface area contributed by atoms with Crippen LogP contribution in [-0.2, 0) is 4.79 Å². The Morgan fingerprint density at radius 1 is 1.54 bits per heavy atom. The largest absolute Gasteiger partial charge is 0.356 e. The standard InChI is InChI=1S/C10H18N2O/c1-3-9(2)10(13)12-8-6-4-5-7-11/h9H,3-6,8H2,1-2H3,(H,12,13). The second-order valence-corrected chi connectivity index (χ2v) is 3.22. The second kappa shape index (κ2) is 7.60. The summed E-state index contributed by atoms with van der Waals surface area (Å²) in [5.74, 6) is 0.232. The maximum atomic E-state index is 11.2. The number of nitrogens with zero attached hydrogens (tertiary/aromatic N) is 1. The number of hydrogen-bond donors (Lipinski definition) is 1. The smallest absolute Gasteiger partial charge is 0.222 e. The SMILES string of the molecule is CCC(C)C(=O)NCCCCC#N. The third-order valence-electron chi connectivity index (χ3n) is 2.07. The highest BCUT2D eigenvalue weighted by Gasteiger charge is 2.08. The molecule has 0 aromatic rings. The Bertz CT molecular complexity index is 184. The van der Waals surface area contributed by atoms with Gasteiger partial charge in [0.2, 0.25) is 5.91 Å². The lowest BCUT2D eigenvalue weighted by molar-refractivity contribution is -0.124. The first-order valence-electron chi connectivity index (χ1n) is 4.87. The Hall–Kier alpha value is -1.04. The monoisotopic (exact) mass is 182 g/mol. The molecule has 0 saturated carbocycles. The van der Waals surface area contributed by atoms with E-state index in [2.05, 4.69) is 11.4 Å². The maximum Gasteiger partial charge on any atom is 0.222 e. The minimum absolute atomic E-state index is 0.107. The summed E-state index contributed by atoms with van der Waals surface area (Å²) < 4.78 is 0. The van der Waals surface area contributed by atoms with Crippen molar-refractivity contribution in [3.05, 3.63) is 0 Å². The molecule has 0 radical (unpaired) electrons. The van der Waals surface area contributed by atoms with Gasteiger partial charge in [0.15, 0.2) is 0 Å². The van der Waals surface area contributed by atoms with E-state index in [1.807, 2.05) is 13.8 Å². The predicted molar refractivity (Wildman–Crippen MR) is 51.9 cm³/mol. The molecule has 0 rings (SSSR count). The van der Waals surface area contributed by atoms with Crippen molar-refractivity contribution in [3.63, 3.8) is 0 Å². The van der Waals surface area contributed by atoms with Gasteiger partial charge in [-0.15, -0.1) is 0 Å². The summed E-state index contributed by atoms with van der Waals surface area (Å²) in [6.07, 6.45) is 3.23. The summed E-state index contributed by atoms with van der Waals surface area (Å²) in [5.41, 5.74) is 0. The molecule has 74 valence electrons. The Balaban J connectivity index is 3.33. The molecular weight excluding hydrogens is 164 g/mol. The number of unbranched alkanes of at least 4 members (excludes halogenated alkanes) is 2. The zero-order valence-corrected chi connectivity index (χ0v) is 8.47. The first kappa shape index (κ1) is 12.0. The Kier molecular flexibility index (Phi) is 6.99. The summed E-state index contributed by atoms with van der Waals surface area (Å²) in [4.78, 5) is 11.2. The lowest BCUT2D eigenvalue weighted by atomic mass is 10.1. The van der Waals surface area contributed by atoms with E-state index in [9.17, 15) is 4.79 Å². The highest BCUT2D eigenvalue weighted by molar-refractivity contribution is 5.78. The van der Waals surface area contributed by atoms with Crippen molar-refractivity contribution in [1.82, 2.24) is 5.32 Å². The minimum atomic E-state index is 0.107. The fourth-order valence-corrected chi connectivity index (χ4v) is 0.900. The van der Waals surface area contributed by atoms with E-state index < -0.39 is 0 Å². The summed E-state index contributed by atoms with van der Waals surface area (Å²) in [7, 11) is 0. The molecule has 1 N–H and O–H groups in total. The van der Waals surface area contributed by atoms with Gasteiger partial charge in [0.1, 0.15) is 0 Å². The molecular formula is C10H18N2O. The highest BCUT2D eigenvalue weighted by atomic mass is 16.1. The van der Waals surface area contributed by atoms with Crippen LogP contribution in [0.25, 0.3) is 0 Å². The summed E-state index contributed by atoms with van der Waals surface area (Å²) in [6, 6.07) is 2.08. The van der Waals surface area contributed by atoms with Crippen LogP contribution in [0.2, 0.25) is 0 Å². The molecule has 1 amide bonds. The molecule has 0 aromatic carbocycles. The molecule has 1 unspecified atom stereocenters. The fourth-order valence-electron chi connectivity index (χ4n) is 0.900. The molecule has 3 nitrogen and oxygen atoms in total. The van der Waals surface area contributed by atoms with Crippen LogP contribution in [0.5, 0.6) is 0 Å². The van der Waals surface area contributed by atoms with Gasteiger partial charge in [0.05, 0.1) is 6.07 Å². The third-order valence-corrected chi connectivity index (χ3v) is 2.07. The predicted octanol–water partition coefficient (Wildman–Crippen LogP) is 1.84. The van der Waals surface area contributed by atoms with Crippen LogP contribution >= 0.6 is 0 Å². The van der Waals surface area contributed by atoms with Crippen molar-refractivity contribution in [2.75, 3.05) is 6.54 Å². The zero-order valence-electron chi connectivity index (χ0n) is 8.47. The van der Waals surface area contributed by atoms with Gasteiger partial charge in [-0.05, 0) is 19.3 Å². The second-order valence-electron chi connectivity index (χ2n) is 3.22. The normalized spacial score (nSPS) is 11.8. The van der Waals surface area contributed by atoms with Crippen LogP contribution in [0.15, 0.2) is 0 Å². The van der Waals surface area contributed by atoms with Crippen LogP contribution in [-0.4, -0.2) is 12.5 Å². The molecule has 0 heterocycles. The molecule has 0 aliphatic carbocycles. The zero-order chi connectivity index (χ0) is 10.1. The van der Waals surface area contributed by atoms with Gasteiger partial charge in [-0.1, -0.05) is 13.8 Å². The van der Waals surface area contributed by atoms with Gasteiger partial charge in [-0.25, -0.2) is 0 Å². The van der Waals surface area contributed by atoms with Gasteiger partial charge < -0.3 is 5.32 Å². The number of rotatable bonds is 6. The molecule has 0 saturated heterocycles. The van der Waals surface area contributed by atoms with E-state index in [-0.39, 0.29) is 11.8 Å². The number of nitrogens with one attached hydrogen (secondary N) is 1. The van der Waals surface area contributed by atoms with Crippen LogP contribution < -0.4 is 5.32 Å². The van der Waals surface area contributed by atoms with Crippen molar-refractivity contribution >= 4 is 5.91 Å². The lowest BCUT2D eigenvalue weighted by Crippen LogP contribution is -2.29. The average molecular weight is 182 g/mol. The van der Waals surface area contributed by atoms with E-state index >= 15 is 0 Å². The molecule has 0 aliphatic heterocycles. The molecule has 0 bridgehead atoms. The lowest BCUT2D eigenvalue weighted by Gasteiger charge is -2.08.